The molecule has 0 bridgehead atoms. The molecule has 4 rings (SSSR count). The van der Waals surface area contributed by atoms with Crippen LogP contribution in [0.5, 0.6) is 0 Å². The minimum Gasteiger partial charge on any atom is -0.443 e. The Bertz CT molecular complexity index is 1410. The molecule has 3 heterocycles. The quantitative estimate of drug-likeness (QED) is 0.375. The number of rotatable bonds is 3. The Balaban J connectivity index is 1.70. The number of H-pyrrole nitrogens is 1. The van der Waals surface area contributed by atoms with Crippen molar-refractivity contribution >= 4 is 34.7 Å². The normalized spacial score (nSPS) is 12.0. The molecule has 4 aromatic rings. The van der Waals surface area contributed by atoms with Crippen LogP contribution >= 0.6 is 0 Å². The van der Waals surface area contributed by atoms with Crippen LogP contribution in [0.25, 0.3) is 22.2 Å². The summed E-state index contributed by atoms with van der Waals surface area (Å²) in [6.45, 7) is 12.6. The Morgan fingerprint density at radius 3 is 2.22 bits per heavy atom. The van der Waals surface area contributed by atoms with Gasteiger partial charge in [0.2, 0.25) is 0 Å². The molecule has 0 saturated carbocycles. The topological polar surface area (TPSA) is 115 Å². The van der Waals surface area contributed by atoms with Crippen molar-refractivity contribution in [1.29, 1.82) is 0 Å². The maximum Gasteiger partial charge on any atom is 0.435 e. The third kappa shape index (κ3) is 5.54. The number of ether oxygens (including phenoxy) is 2. The minimum atomic E-state index is -0.706. The fraction of sp³-hybridized carbons (Fsp3) is 0.346. The van der Waals surface area contributed by atoms with Crippen molar-refractivity contribution in [3.8, 4) is 11.1 Å². The van der Waals surface area contributed by atoms with E-state index in [1.165, 1.54) is 4.90 Å². The van der Waals surface area contributed by atoms with Gasteiger partial charge in [0, 0.05) is 18.0 Å². The summed E-state index contributed by atoms with van der Waals surface area (Å²) < 4.78 is 12.2. The van der Waals surface area contributed by atoms with Crippen LogP contribution in [0.4, 0.5) is 21.1 Å². The highest BCUT2D eigenvalue weighted by atomic mass is 16.6. The molecule has 188 valence electrons. The van der Waals surface area contributed by atoms with Crippen LogP contribution in [-0.4, -0.2) is 48.1 Å². The highest BCUT2D eigenvalue weighted by Crippen LogP contribution is 2.32. The number of carbonyl (C=O) groups is 2. The molecule has 0 aliphatic carbocycles. The summed E-state index contributed by atoms with van der Waals surface area (Å²) in [5, 5.41) is 4.12. The summed E-state index contributed by atoms with van der Waals surface area (Å²) in [5.41, 5.74) is 2.07. The summed E-state index contributed by atoms with van der Waals surface area (Å²) in [5.74, 6) is 0.916. The molecule has 0 unspecified atom stereocenters. The number of aromatic nitrogens is 5. The summed E-state index contributed by atoms with van der Waals surface area (Å²) in [7, 11) is 0. The number of benzene rings is 1. The zero-order chi connectivity index (χ0) is 26.3. The van der Waals surface area contributed by atoms with Crippen LogP contribution in [0.2, 0.25) is 0 Å². The van der Waals surface area contributed by atoms with Gasteiger partial charge in [-0.3, -0.25) is 0 Å². The van der Waals surface area contributed by atoms with E-state index in [-0.39, 0.29) is 0 Å². The lowest BCUT2D eigenvalue weighted by atomic mass is 10.1. The number of nitrogens with one attached hydrogen (secondary N) is 1. The van der Waals surface area contributed by atoms with Crippen molar-refractivity contribution in [3.63, 3.8) is 0 Å². The van der Waals surface area contributed by atoms with Crippen LogP contribution in [-0.2, 0) is 9.47 Å². The van der Waals surface area contributed by atoms with E-state index in [0.29, 0.717) is 28.4 Å². The molecule has 0 fully saturated rings. The van der Waals surface area contributed by atoms with Crippen molar-refractivity contribution in [2.45, 2.75) is 59.7 Å². The molecule has 0 radical (unpaired) electrons. The second kappa shape index (κ2) is 9.10. The van der Waals surface area contributed by atoms with Gasteiger partial charge >= 0.3 is 12.2 Å². The SMILES string of the molecule is Cc1nc(N(C(=O)OC(C)(C)C)c2ccc(-c3cnn(C(=O)OC(C)(C)C)c3)cc2)c2[nH]ccc2n1. The predicted octanol–water partition coefficient (Wildman–Crippen LogP) is 5.99. The van der Waals surface area contributed by atoms with E-state index in [4.69, 9.17) is 9.47 Å². The van der Waals surface area contributed by atoms with Crippen molar-refractivity contribution in [3.05, 3.63) is 54.7 Å². The standard InChI is InChI=1S/C26H30N6O4/c1-16-29-20-12-13-27-21(20)22(30-16)32(24(34)36-26(5,6)7)19-10-8-17(9-11-19)18-14-28-31(15-18)23(33)35-25(2,3)4/h8-15,27H,1-7H3. The van der Waals surface area contributed by atoms with Crippen LogP contribution < -0.4 is 4.90 Å². The average Bonchev–Trinajstić information content (AvgIpc) is 3.41. The summed E-state index contributed by atoms with van der Waals surface area (Å²) in [6, 6.07) is 9.07. The first-order chi connectivity index (χ1) is 16.8. The third-order valence-electron chi connectivity index (χ3n) is 4.91. The van der Waals surface area contributed by atoms with E-state index in [0.717, 1.165) is 15.8 Å². The lowest BCUT2D eigenvalue weighted by Gasteiger charge is -2.27. The number of nitrogens with zero attached hydrogens (tertiary/aromatic N) is 5. The van der Waals surface area contributed by atoms with Gasteiger partial charge in [-0.1, -0.05) is 12.1 Å². The van der Waals surface area contributed by atoms with Gasteiger partial charge in [0.1, 0.15) is 22.5 Å². The van der Waals surface area contributed by atoms with Crippen molar-refractivity contribution in [2.75, 3.05) is 4.90 Å². The fourth-order valence-electron chi connectivity index (χ4n) is 3.51. The van der Waals surface area contributed by atoms with Crippen molar-refractivity contribution in [1.82, 2.24) is 24.7 Å². The zero-order valence-corrected chi connectivity index (χ0v) is 21.5. The van der Waals surface area contributed by atoms with Crippen molar-refractivity contribution < 1.29 is 19.1 Å². The predicted molar refractivity (Wildman–Crippen MR) is 136 cm³/mol. The first kappa shape index (κ1) is 24.9. The lowest BCUT2D eigenvalue weighted by molar-refractivity contribution is 0.0513. The molecule has 0 aliphatic heterocycles. The first-order valence-corrected chi connectivity index (χ1v) is 11.5. The summed E-state index contributed by atoms with van der Waals surface area (Å²) >= 11 is 0. The van der Waals surface area contributed by atoms with Crippen LogP contribution in [0.1, 0.15) is 47.4 Å². The number of amides is 1. The maximum atomic E-state index is 13.3. The van der Waals surface area contributed by atoms with Gasteiger partial charge in [0.05, 0.1) is 17.4 Å². The number of aryl methyl sites for hydroxylation is 1. The molecule has 3 aromatic heterocycles. The van der Waals surface area contributed by atoms with E-state index >= 15 is 0 Å². The van der Waals surface area contributed by atoms with E-state index in [9.17, 15) is 9.59 Å². The second-order valence-corrected chi connectivity index (χ2v) is 10.3. The number of aromatic amines is 1. The molecule has 0 aliphatic rings. The molecule has 10 nitrogen and oxygen atoms in total. The van der Waals surface area contributed by atoms with Crippen molar-refractivity contribution in [2.24, 2.45) is 0 Å². The van der Waals surface area contributed by atoms with Gasteiger partial charge in [-0.2, -0.15) is 9.78 Å². The minimum absolute atomic E-state index is 0.391. The monoisotopic (exact) mass is 490 g/mol. The van der Waals surface area contributed by atoms with Crippen LogP contribution in [0.15, 0.2) is 48.9 Å². The number of carbonyl (C=O) groups excluding carboxylic acids is 2. The second-order valence-electron chi connectivity index (χ2n) is 10.3. The Labute approximate surface area is 209 Å². The van der Waals surface area contributed by atoms with Gasteiger partial charge < -0.3 is 14.5 Å². The molecule has 10 heteroatoms. The highest BCUT2D eigenvalue weighted by molar-refractivity contribution is 6.02. The molecular formula is C26H30N6O4. The summed E-state index contributed by atoms with van der Waals surface area (Å²) in [6.07, 6.45) is 3.81. The lowest BCUT2D eigenvalue weighted by Crippen LogP contribution is -2.34. The highest BCUT2D eigenvalue weighted by Gasteiger charge is 2.28. The van der Waals surface area contributed by atoms with Crippen LogP contribution in [0, 0.1) is 6.92 Å². The Morgan fingerprint density at radius 2 is 1.58 bits per heavy atom. The summed E-state index contributed by atoms with van der Waals surface area (Å²) in [4.78, 5) is 39.2. The molecule has 0 spiro atoms. The van der Waals surface area contributed by atoms with Gasteiger partial charge in [0.15, 0.2) is 5.82 Å². The molecule has 1 aromatic carbocycles. The van der Waals surface area contributed by atoms with E-state index in [1.54, 1.807) is 58.4 Å². The average molecular weight is 491 g/mol. The Morgan fingerprint density at radius 1 is 0.917 bits per heavy atom. The Hall–Kier alpha value is -4.21. The van der Waals surface area contributed by atoms with Gasteiger partial charge in [-0.05, 0) is 72.2 Å². The number of hydrogen-bond acceptors (Lipinski definition) is 7. The van der Waals surface area contributed by atoms with Gasteiger partial charge in [0.25, 0.3) is 0 Å². The zero-order valence-electron chi connectivity index (χ0n) is 21.5. The molecule has 0 saturated heterocycles. The van der Waals surface area contributed by atoms with E-state index in [2.05, 4.69) is 20.1 Å². The molecule has 0 atom stereocenters. The van der Waals surface area contributed by atoms with Crippen LogP contribution in [0.3, 0.4) is 0 Å². The van der Waals surface area contributed by atoms with Gasteiger partial charge in [-0.25, -0.2) is 24.5 Å². The van der Waals surface area contributed by atoms with Gasteiger partial charge in [-0.15, -0.1) is 0 Å². The molecule has 36 heavy (non-hydrogen) atoms. The van der Waals surface area contributed by atoms with E-state index < -0.39 is 23.4 Å². The smallest absolute Gasteiger partial charge is 0.435 e. The maximum absolute atomic E-state index is 13.3. The Kier molecular flexibility index (Phi) is 6.30. The third-order valence-corrected chi connectivity index (χ3v) is 4.91. The number of hydrogen-bond donors (Lipinski definition) is 1. The number of fused-ring (bicyclic) bond motifs is 1. The van der Waals surface area contributed by atoms with E-state index in [1.807, 2.05) is 39.0 Å². The molecular weight excluding hydrogens is 460 g/mol. The largest absolute Gasteiger partial charge is 0.443 e. The first-order valence-electron chi connectivity index (χ1n) is 11.5. The fourth-order valence-corrected chi connectivity index (χ4v) is 3.51. The molecule has 1 N–H and O–H groups in total. The molecule has 1 amide bonds. The number of anilines is 2.